The summed E-state index contributed by atoms with van der Waals surface area (Å²) in [7, 11) is 0. The Morgan fingerprint density at radius 2 is 1.94 bits per heavy atom. The van der Waals surface area contributed by atoms with Crippen LogP contribution < -0.4 is 5.32 Å². The van der Waals surface area contributed by atoms with Gasteiger partial charge in [0.2, 0.25) is 0 Å². The molecular weight excluding hydrogens is 238 g/mol. The third-order valence-corrected chi connectivity index (χ3v) is 4.83. The number of nitrogens with one attached hydrogen (secondary N) is 1. The van der Waals surface area contributed by atoms with Crippen LogP contribution in [-0.2, 0) is 6.42 Å². The van der Waals surface area contributed by atoms with Gasteiger partial charge in [0.25, 0.3) is 0 Å². The molecule has 1 nitrogen and oxygen atoms in total. The van der Waals surface area contributed by atoms with Crippen LogP contribution in [0, 0.1) is 5.92 Å². The zero-order chi connectivity index (χ0) is 12.6. The highest BCUT2D eigenvalue weighted by Crippen LogP contribution is 2.27. The number of benzene rings is 1. The molecule has 18 heavy (non-hydrogen) atoms. The standard InChI is InChI=1S/C16H25NS/c1-2-17-16(12-14-6-4-3-5-7-14)13-15-8-10-18-11-9-15/h3-7,15-17H,2,8-13H2,1H3. The van der Waals surface area contributed by atoms with E-state index in [9.17, 15) is 0 Å². The molecule has 2 heteroatoms. The Kier molecular flexibility index (Phi) is 6.09. The Balaban J connectivity index is 1.86. The fourth-order valence-electron chi connectivity index (χ4n) is 2.81. The third kappa shape index (κ3) is 4.66. The summed E-state index contributed by atoms with van der Waals surface area (Å²) in [6.07, 6.45) is 5.37. The minimum atomic E-state index is 0.658. The highest BCUT2D eigenvalue weighted by atomic mass is 32.2. The molecule has 0 radical (unpaired) electrons. The predicted molar refractivity (Wildman–Crippen MR) is 82.3 cm³/mol. The molecule has 0 aliphatic carbocycles. The lowest BCUT2D eigenvalue weighted by molar-refractivity contribution is 0.366. The summed E-state index contributed by atoms with van der Waals surface area (Å²) in [6, 6.07) is 11.6. The molecule has 1 unspecified atom stereocenters. The lowest BCUT2D eigenvalue weighted by Gasteiger charge is -2.27. The van der Waals surface area contributed by atoms with Crippen LogP contribution in [0.3, 0.4) is 0 Å². The first-order valence-corrected chi connectivity index (χ1v) is 8.39. The zero-order valence-electron chi connectivity index (χ0n) is 11.4. The second-order valence-electron chi connectivity index (χ2n) is 5.24. The first kappa shape index (κ1) is 14.0. The smallest absolute Gasteiger partial charge is 0.0110 e. The van der Waals surface area contributed by atoms with Gasteiger partial charge in [-0.05, 0) is 55.2 Å². The Bertz CT molecular complexity index is 319. The Labute approximate surface area is 116 Å². The van der Waals surface area contributed by atoms with Crippen LogP contribution in [0.5, 0.6) is 0 Å². The van der Waals surface area contributed by atoms with Crippen molar-refractivity contribution in [1.29, 1.82) is 0 Å². The molecule has 0 amide bonds. The molecule has 1 heterocycles. The highest BCUT2D eigenvalue weighted by molar-refractivity contribution is 7.99. The Morgan fingerprint density at radius 3 is 2.61 bits per heavy atom. The lowest BCUT2D eigenvalue weighted by atomic mass is 9.91. The Hall–Kier alpha value is -0.470. The summed E-state index contributed by atoms with van der Waals surface area (Å²) >= 11 is 2.12. The van der Waals surface area contributed by atoms with Crippen LogP contribution in [0.25, 0.3) is 0 Å². The summed E-state index contributed by atoms with van der Waals surface area (Å²) < 4.78 is 0. The van der Waals surface area contributed by atoms with Gasteiger partial charge >= 0.3 is 0 Å². The van der Waals surface area contributed by atoms with Gasteiger partial charge in [0.15, 0.2) is 0 Å². The van der Waals surface area contributed by atoms with Gasteiger partial charge in [-0.3, -0.25) is 0 Å². The van der Waals surface area contributed by atoms with Crippen LogP contribution >= 0.6 is 11.8 Å². The largest absolute Gasteiger partial charge is 0.314 e. The van der Waals surface area contributed by atoms with E-state index in [1.165, 1.54) is 42.8 Å². The van der Waals surface area contributed by atoms with Crippen LogP contribution in [0.1, 0.15) is 31.7 Å². The minimum absolute atomic E-state index is 0.658. The van der Waals surface area contributed by atoms with Crippen molar-refractivity contribution in [2.75, 3.05) is 18.1 Å². The summed E-state index contributed by atoms with van der Waals surface area (Å²) in [5.41, 5.74) is 1.47. The van der Waals surface area contributed by atoms with E-state index in [0.29, 0.717) is 6.04 Å². The molecule has 0 spiro atoms. The molecule has 1 saturated heterocycles. The van der Waals surface area contributed by atoms with Crippen molar-refractivity contribution in [3.8, 4) is 0 Å². The van der Waals surface area contributed by atoms with Gasteiger partial charge in [-0.15, -0.1) is 0 Å². The van der Waals surface area contributed by atoms with E-state index >= 15 is 0 Å². The number of hydrogen-bond donors (Lipinski definition) is 1. The van der Waals surface area contributed by atoms with Gasteiger partial charge in [0, 0.05) is 6.04 Å². The molecule has 1 aliphatic rings. The average molecular weight is 263 g/mol. The molecular formula is C16H25NS. The van der Waals surface area contributed by atoms with E-state index < -0.39 is 0 Å². The van der Waals surface area contributed by atoms with Crippen molar-refractivity contribution in [1.82, 2.24) is 5.32 Å². The zero-order valence-corrected chi connectivity index (χ0v) is 12.2. The Morgan fingerprint density at radius 1 is 1.22 bits per heavy atom. The van der Waals surface area contributed by atoms with E-state index in [2.05, 4.69) is 54.3 Å². The average Bonchev–Trinajstić information content (AvgIpc) is 2.41. The molecule has 0 saturated carbocycles. The second kappa shape index (κ2) is 7.85. The van der Waals surface area contributed by atoms with Crippen molar-refractivity contribution >= 4 is 11.8 Å². The number of likely N-dealkylation sites (N-methyl/N-ethyl adjacent to an activating group) is 1. The van der Waals surface area contributed by atoms with Gasteiger partial charge in [-0.2, -0.15) is 11.8 Å². The summed E-state index contributed by atoms with van der Waals surface area (Å²) in [4.78, 5) is 0. The van der Waals surface area contributed by atoms with E-state index in [0.717, 1.165) is 12.5 Å². The van der Waals surface area contributed by atoms with Gasteiger partial charge in [-0.25, -0.2) is 0 Å². The maximum Gasteiger partial charge on any atom is 0.0110 e. The molecule has 1 aliphatic heterocycles. The quantitative estimate of drug-likeness (QED) is 0.839. The topological polar surface area (TPSA) is 12.0 Å². The predicted octanol–water partition coefficient (Wildman–Crippen LogP) is 3.74. The molecule has 0 aromatic heterocycles. The molecule has 1 N–H and O–H groups in total. The molecule has 100 valence electrons. The number of thioether (sulfide) groups is 1. The molecule has 1 aromatic carbocycles. The van der Waals surface area contributed by atoms with Crippen molar-refractivity contribution < 1.29 is 0 Å². The summed E-state index contributed by atoms with van der Waals surface area (Å²) in [5.74, 6) is 3.68. The van der Waals surface area contributed by atoms with Crippen LogP contribution in [0.4, 0.5) is 0 Å². The normalized spacial score (nSPS) is 18.7. The minimum Gasteiger partial charge on any atom is -0.314 e. The number of hydrogen-bond acceptors (Lipinski definition) is 2. The maximum atomic E-state index is 3.67. The van der Waals surface area contributed by atoms with Gasteiger partial charge in [0.05, 0.1) is 0 Å². The SMILES string of the molecule is CCNC(Cc1ccccc1)CC1CCSCC1. The van der Waals surface area contributed by atoms with Gasteiger partial charge in [0.1, 0.15) is 0 Å². The van der Waals surface area contributed by atoms with E-state index in [1.54, 1.807) is 0 Å². The molecule has 1 atom stereocenters. The van der Waals surface area contributed by atoms with Crippen molar-refractivity contribution in [2.24, 2.45) is 5.92 Å². The van der Waals surface area contributed by atoms with E-state index in [4.69, 9.17) is 0 Å². The lowest BCUT2D eigenvalue weighted by Crippen LogP contribution is -2.33. The fourth-order valence-corrected chi connectivity index (χ4v) is 4.01. The van der Waals surface area contributed by atoms with Crippen molar-refractivity contribution in [3.63, 3.8) is 0 Å². The van der Waals surface area contributed by atoms with Crippen LogP contribution in [0.15, 0.2) is 30.3 Å². The second-order valence-corrected chi connectivity index (χ2v) is 6.46. The first-order valence-electron chi connectivity index (χ1n) is 7.23. The van der Waals surface area contributed by atoms with Gasteiger partial charge < -0.3 is 5.32 Å². The molecule has 1 fully saturated rings. The van der Waals surface area contributed by atoms with Gasteiger partial charge in [-0.1, -0.05) is 37.3 Å². The summed E-state index contributed by atoms with van der Waals surface area (Å²) in [5, 5.41) is 3.67. The maximum absolute atomic E-state index is 3.67. The third-order valence-electron chi connectivity index (χ3n) is 3.78. The molecule has 0 bridgehead atoms. The summed E-state index contributed by atoms with van der Waals surface area (Å²) in [6.45, 7) is 3.30. The van der Waals surface area contributed by atoms with Crippen LogP contribution in [-0.4, -0.2) is 24.1 Å². The molecule has 1 aromatic rings. The van der Waals surface area contributed by atoms with Crippen LogP contribution in [0.2, 0.25) is 0 Å². The van der Waals surface area contributed by atoms with E-state index in [-0.39, 0.29) is 0 Å². The molecule has 2 rings (SSSR count). The van der Waals surface area contributed by atoms with E-state index in [1.807, 2.05) is 0 Å². The number of rotatable bonds is 6. The fraction of sp³-hybridized carbons (Fsp3) is 0.625. The van der Waals surface area contributed by atoms with Crippen molar-refractivity contribution in [3.05, 3.63) is 35.9 Å². The highest BCUT2D eigenvalue weighted by Gasteiger charge is 2.18. The van der Waals surface area contributed by atoms with Crippen molar-refractivity contribution in [2.45, 2.75) is 38.6 Å². The first-order chi connectivity index (χ1) is 8.88. The monoisotopic (exact) mass is 263 g/mol.